The van der Waals surface area contributed by atoms with Crippen molar-refractivity contribution in [2.75, 3.05) is 37.6 Å². The van der Waals surface area contributed by atoms with Gasteiger partial charge in [0.25, 0.3) is 0 Å². The molecule has 6 nitrogen and oxygen atoms in total. The van der Waals surface area contributed by atoms with Crippen molar-refractivity contribution in [2.24, 2.45) is 5.41 Å². The molecule has 3 aliphatic rings. The van der Waals surface area contributed by atoms with E-state index in [0.29, 0.717) is 24.5 Å². The van der Waals surface area contributed by atoms with Crippen LogP contribution in [0, 0.1) is 5.41 Å². The van der Waals surface area contributed by atoms with Crippen molar-refractivity contribution in [3.05, 3.63) is 29.3 Å². The van der Waals surface area contributed by atoms with Gasteiger partial charge in [-0.05, 0) is 31.0 Å². The standard InChI is InChI=1S/C21H26ClN3O3/c22-16-4-3-5-17(14-16)23-10-12-24(13-11-23)18(26)6-9-25-19(27)15-21(20(25)28)7-1-2-8-21/h3-5,14H,1-2,6-13,15H2. The summed E-state index contributed by atoms with van der Waals surface area (Å²) in [5.41, 5.74) is 0.609. The van der Waals surface area contributed by atoms with Crippen LogP contribution in [0.5, 0.6) is 0 Å². The van der Waals surface area contributed by atoms with Gasteiger partial charge in [-0.15, -0.1) is 0 Å². The SMILES string of the molecule is O=C(CCN1C(=O)CC2(CCCC2)C1=O)N1CCN(c2cccc(Cl)c2)CC1. The third kappa shape index (κ3) is 3.62. The Kier molecular flexibility index (Phi) is 5.32. The molecule has 0 bridgehead atoms. The van der Waals surface area contributed by atoms with E-state index >= 15 is 0 Å². The smallest absolute Gasteiger partial charge is 0.235 e. The van der Waals surface area contributed by atoms with Crippen molar-refractivity contribution in [1.82, 2.24) is 9.80 Å². The van der Waals surface area contributed by atoms with Crippen LogP contribution in [0.2, 0.25) is 5.02 Å². The van der Waals surface area contributed by atoms with Gasteiger partial charge in [0.05, 0.1) is 5.41 Å². The number of carbonyl (C=O) groups is 3. The Labute approximate surface area is 170 Å². The lowest BCUT2D eigenvalue weighted by Gasteiger charge is -2.36. The van der Waals surface area contributed by atoms with Crippen LogP contribution < -0.4 is 4.90 Å². The summed E-state index contributed by atoms with van der Waals surface area (Å²) in [4.78, 5) is 43.0. The Balaban J connectivity index is 1.28. The van der Waals surface area contributed by atoms with Crippen LogP contribution in [0.15, 0.2) is 24.3 Å². The Morgan fingerprint density at radius 2 is 1.79 bits per heavy atom. The van der Waals surface area contributed by atoms with Crippen molar-refractivity contribution >= 4 is 35.0 Å². The lowest BCUT2D eigenvalue weighted by molar-refractivity contribution is -0.142. The van der Waals surface area contributed by atoms with Gasteiger partial charge in [-0.2, -0.15) is 0 Å². The number of hydrogen-bond acceptors (Lipinski definition) is 4. The van der Waals surface area contributed by atoms with Crippen LogP contribution in [0.25, 0.3) is 0 Å². The highest BCUT2D eigenvalue weighted by Gasteiger charge is 2.52. The number of likely N-dealkylation sites (tertiary alicyclic amines) is 1. The number of nitrogens with zero attached hydrogens (tertiary/aromatic N) is 3. The van der Waals surface area contributed by atoms with Gasteiger partial charge in [-0.3, -0.25) is 19.3 Å². The lowest BCUT2D eigenvalue weighted by atomic mass is 9.84. The molecule has 150 valence electrons. The summed E-state index contributed by atoms with van der Waals surface area (Å²) < 4.78 is 0. The number of imide groups is 1. The molecule has 0 unspecified atom stereocenters. The third-order valence-electron chi connectivity index (χ3n) is 6.41. The Morgan fingerprint density at radius 1 is 1.07 bits per heavy atom. The molecule has 0 N–H and O–H groups in total. The van der Waals surface area contributed by atoms with Crippen molar-refractivity contribution in [3.8, 4) is 0 Å². The van der Waals surface area contributed by atoms with E-state index in [1.807, 2.05) is 29.2 Å². The van der Waals surface area contributed by atoms with Gasteiger partial charge >= 0.3 is 0 Å². The molecule has 1 spiro atoms. The molecule has 3 fully saturated rings. The van der Waals surface area contributed by atoms with Crippen molar-refractivity contribution in [3.63, 3.8) is 0 Å². The fraction of sp³-hybridized carbons (Fsp3) is 0.571. The van der Waals surface area contributed by atoms with E-state index in [9.17, 15) is 14.4 Å². The highest BCUT2D eigenvalue weighted by Crippen LogP contribution is 2.46. The zero-order valence-electron chi connectivity index (χ0n) is 16.0. The summed E-state index contributed by atoms with van der Waals surface area (Å²) in [7, 11) is 0. The first-order valence-corrected chi connectivity index (χ1v) is 10.5. The van der Waals surface area contributed by atoms with Crippen LogP contribution in [-0.2, 0) is 14.4 Å². The van der Waals surface area contributed by atoms with Crippen LogP contribution in [0.4, 0.5) is 5.69 Å². The zero-order chi connectivity index (χ0) is 19.7. The zero-order valence-corrected chi connectivity index (χ0v) is 16.8. The number of anilines is 1. The second-order valence-corrected chi connectivity index (χ2v) is 8.55. The van der Waals surface area contributed by atoms with E-state index in [1.54, 1.807) is 0 Å². The monoisotopic (exact) mass is 403 g/mol. The highest BCUT2D eigenvalue weighted by atomic mass is 35.5. The van der Waals surface area contributed by atoms with E-state index in [0.717, 1.165) is 44.5 Å². The molecule has 2 saturated heterocycles. The topological polar surface area (TPSA) is 60.9 Å². The Morgan fingerprint density at radius 3 is 2.46 bits per heavy atom. The number of carbonyl (C=O) groups excluding carboxylic acids is 3. The summed E-state index contributed by atoms with van der Waals surface area (Å²) in [6.45, 7) is 2.98. The molecule has 2 heterocycles. The number of hydrogen-bond donors (Lipinski definition) is 0. The van der Waals surface area contributed by atoms with Gasteiger partial charge in [0.2, 0.25) is 17.7 Å². The van der Waals surface area contributed by atoms with Crippen LogP contribution in [0.1, 0.15) is 38.5 Å². The first-order valence-electron chi connectivity index (χ1n) is 10.1. The first-order chi connectivity index (χ1) is 13.5. The molecular weight excluding hydrogens is 378 g/mol. The van der Waals surface area contributed by atoms with E-state index < -0.39 is 5.41 Å². The van der Waals surface area contributed by atoms with Gasteiger partial charge in [-0.25, -0.2) is 0 Å². The molecule has 1 saturated carbocycles. The molecule has 0 radical (unpaired) electrons. The predicted octanol–water partition coefficient (Wildman–Crippen LogP) is 2.70. The molecule has 2 aliphatic heterocycles. The second kappa shape index (κ2) is 7.74. The number of piperazine rings is 1. The van der Waals surface area contributed by atoms with E-state index in [2.05, 4.69) is 4.90 Å². The maximum Gasteiger partial charge on any atom is 0.235 e. The van der Waals surface area contributed by atoms with Gasteiger partial charge in [-0.1, -0.05) is 30.5 Å². The van der Waals surface area contributed by atoms with Crippen molar-refractivity contribution < 1.29 is 14.4 Å². The molecular formula is C21H26ClN3O3. The molecule has 28 heavy (non-hydrogen) atoms. The normalized spacial score (nSPS) is 21.8. The number of halogens is 1. The van der Waals surface area contributed by atoms with E-state index in [1.165, 1.54) is 4.90 Å². The predicted molar refractivity (Wildman–Crippen MR) is 107 cm³/mol. The summed E-state index contributed by atoms with van der Waals surface area (Å²) >= 11 is 6.06. The average Bonchev–Trinajstić information content (AvgIpc) is 3.25. The molecule has 4 rings (SSSR count). The molecule has 3 amide bonds. The van der Waals surface area contributed by atoms with Gasteiger partial charge in [0.1, 0.15) is 0 Å². The van der Waals surface area contributed by atoms with Crippen molar-refractivity contribution in [1.29, 1.82) is 0 Å². The molecule has 1 aromatic rings. The minimum absolute atomic E-state index is 0.0127. The van der Waals surface area contributed by atoms with Gasteiger partial charge in [0.15, 0.2) is 0 Å². The van der Waals surface area contributed by atoms with Gasteiger partial charge < -0.3 is 9.80 Å². The van der Waals surface area contributed by atoms with Crippen LogP contribution in [0.3, 0.4) is 0 Å². The highest BCUT2D eigenvalue weighted by molar-refractivity contribution is 6.30. The fourth-order valence-electron chi connectivity index (χ4n) is 4.78. The lowest BCUT2D eigenvalue weighted by Crippen LogP contribution is -2.49. The van der Waals surface area contributed by atoms with Gasteiger partial charge in [0, 0.05) is 56.3 Å². The maximum absolute atomic E-state index is 12.7. The van der Waals surface area contributed by atoms with Crippen LogP contribution >= 0.6 is 11.6 Å². The summed E-state index contributed by atoms with van der Waals surface area (Å²) in [6.07, 6.45) is 4.20. The third-order valence-corrected chi connectivity index (χ3v) is 6.64. The summed E-state index contributed by atoms with van der Waals surface area (Å²) in [5, 5.41) is 0.705. The minimum Gasteiger partial charge on any atom is -0.368 e. The maximum atomic E-state index is 12.7. The van der Waals surface area contributed by atoms with E-state index in [4.69, 9.17) is 11.6 Å². The summed E-state index contributed by atoms with van der Waals surface area (Å²) in [5.74, 6) is -0.141. The Bertz CT molecular complexity index is 783. The number of amides is 3. The van der Waals surface area contributed by atoms with Crippen molar-refractivity contribution in [2.45, 2.75) is 38.5 Å². The minimum atomic E-state index is -0.456. The number of benzene rings is 1. The van der Waals surface area contributed by atoms with Crippen LogP contribution in [-0.4, -0.2) is 60.2 Å². The molecule has 1 aromatic carbocycles. The second-order valence-electron chi connectivity index (χ2n) is 8.11. The van der Waals surface area contributed by atoms with E-state index in [-0.39, 0.29) is 30.7 Å². The molecule has 0 aromatic heterocycles. The largest absolute Gasteiger partial charge is 0.368 e. The quantitative estimate of drug-likeness (QED) is 0.725. The average molecular weight is 404 g/mol. The fourth-order valence-corrected chi connectivity index (χ4v) is 4.97. The molecule has 7 heteroatoms. The summed E-state index contributed by atoms with van der Waals surface area (Å²) in [6, 6.07) is 7.73. The number of rotatable bonds is 4. The molecule has 0 atom stereocenters. The molecule has 1 aliphatic carbocycles. The Hall–Kier alpha value is -2.08. The first kappa shape index (κ1) is 19.2.